The van der Waals surface area contributed by atoms with Crippen molar-refractivity contribution in [2.24, 2.45) is 0 Å². The van der Waals surface area contributed by atoms with Gasteiger partial charge in [-0.2, -0.15) is 4.31 Å². The summed E-state index contributed by atoms with van der Waals surface area (Å²) in [4.78, 5) is 0.110. The van der Waals surface area contributed by atoms with Gasteiger partial charge in [0.25, 0.3) is 0 Å². The Morgan fingerprint density at radius 1 is 1.37 bits per heavy atom. The normalized spacial score (nSPS) is 13.2. The second kappa shape index (κ2) is 6.68. The molecule has 6 heteroatoms. The van der Waals surface area contributed by atoms with Crippen molar-refractivity contribution in [3.05, 3.63) is 29.8 Å². The molecule has 19 heavy (non-hydrogen) atoms. The fraction of sp³-hybridized carbons (Fsp3) is 0.385. The number of aliphatic hydroxyl groups is 2. The van der Waals surface area contributed by atoms with Crippen LogP contribution >= 0.6 is 0 Å². The first-order valence-corrected chi connectivity index (χ1v) is 7.15. The molecule has 1 rings (SSSR count). The standard InChI is InChI=1S/C13H17NO4S/c1-3-8-14(9-12(16)10-15)19(17,18)13-6-4-11(2)5-7-13/h1,4-7,12,15-16H,8-10H2,2H3. The summed E-state index contributed by atoms with van der Waals surface area (Å²) in [5.74, 6) is 2.24. The number of benzene rings is 1. The molecule has 0 aliphatic carbocycles. The van der Waals surface area contributed by atoms with Gasteiger partial charge in [-0.25, -0.2) is 8.42 Å². The molecule has 0 heterocycles. The Labute approximate surface area is 113 Å². The van der Waals surface area contributed by atoms with Crippen LogP contribution < -0.4 is 0 Å². The molecule has 0 amide bonds. The summed E-state index contributed by atoms with van der Waals surface area (Å²) in [7, 11) is -3.77. The van der Waals surface area contributed by atoms with E-state index in [1.807, 2.05) is 6.92 Å². The molecule has 1 aromatic carbocycles. The smallest absolute Gasteiger partial charge is 0.244 e. The first-order chi connectivity index (χ1) is 8.91. The highest BCUT2D eigenvalue weighted by atomic mass is 32.2. The van der Waals surface area contributed by atoms with Gasteiger partial charge >= 0.3 is 0 Å². The molecule has 0 aliphatic rings. The summed E-state index contributed by atoms with van der Waals surface area (Å²) < 4.78 is 25.6. The Kier molecular flexibility index (Phi) is 5.51. The quantitative estimate of drug-likeness (QED) is 0.719. The maximum Gasteiger partial charge on any atom is 0.244 e. The summed E-state index contributed by atoms with van der Waals surface area (Å²) in [6.07, 6.45) is 3.99. The van der Waals surface area contributed by atoms with Crippen LogP contribution in [0.25, 0.3) is 0 Å². The Bertz CT molecular complexity index is 545. The van der Waals surface area contributed by atoms with Gasteiger partial charge in [0.2, 0.25) is 10.0 Å². The van der Waals surface area contributed by atoms with E-state index in [2.05, 4.69) is 5.92 Å². The third kappa shape index (κ3) is 4.04. The highest BCUT2D eigenvalue weighted by molar-refractivity contribution is 7.89. The van der Waals surface area contributed by atoms with Crippen molar-refractivity contribution in [1.82, 2.24) is 4.31 Å². The maximum absolute atomic E-state index is 12.3. The van der Waals surface area contributed by atoms with Crippen molar-refractivity contribution in [2.75, 3.05) is 19.7 Å². The number of hydrogen-bond acceptors (Lipinski definition) is 4. The van der Waals surface area contributed by atoms with E-state index in [1.165, 1.54) is 12.1 Å². The molecule has 0 saturated carbocycles. The van der Waals surface area contributed by atoms with Crippen molar-refractivity contribution in [3.8, 4) is 12.3 Å². The summed E-state index contributed by atoms with van der Waals surface area (Å²) in [5, 5.41) is 18.2. The van der Waals surface area contributed by atoms with Crippen molar-refractivity contribution in [2.45, 2.75) is 17.9 Å². The molecule has 0 spiro atoms. The minimum atomic E-state index is -3.77. The molecule has 1 aromatic rings. The Morgan fingerprint density at radius 3 is 2.42 bits per heavy atom. The van der Waals surface area contributed by atoms with Gasteiger partial charge in [-0.15, -0.1) is 6.42 Å². The average molecular weight is 283 g/mol. The van der Waals surface area contributed by atoms with Gasteiger partial charge < -0.3 is 10.2 Å². The van der Waals surface area contributed by atoms with Gasteiger partial charge in [-0.1, -0.05) is 23.6 Å². The van der Waals surface area contributed by atoms with E-state index >= 15 is 0 Å². The van der Waals surface area contributed by atoms with Crippen molar-refractivity contribution < 1.29 is 18.6 Å². The van der Waals surface area contributed by atoms with Gasteiger partial charge in [0.1, 0.15) is 0 Å². The van der Waals surface area contributed by atoms with Gasteiger partial charge in [0, 0.05) is 6.54 Å². The molecule has 104 valence electrons. The van der Waals surface area contributed by atoms with Crippen molar-refractivity contribution in [3.63, 3.8) is 0 Å². The molecule has 5 nitrogen and oxygen atoms in total. The lowest BCUT2D eigenvalue weighted by Crippen LogP contribution is -2.39. The first kappa shape index (κ1) is 15.7. The van der Waals surface area contributed by atoms with E-state index in [-0.39, 0.29) is 18.0 Å². The number of rotatable bonds is 6. The van der Waals surface area contributed by atoms with Crippen LogP contribution in [0.2, 0.25) is 0 Å². The van der Waals surface area contributed by atoms with Gasteiger partial charge in [0.15, 0.2) is 0 Å². The zero-order valence-electron chi connectivity index (χ0n) is 10.7. The summed E-state index contributed by atoms with van der Waals surface area (Å²) in [6.45, 7) is 0.930. The molecule has 0 aliphatic heterocycles. The molecule has 0 saturated heterocycles. The Morgan fingerprint density at radius 2 is 1.95 bits per heavy atom. The monoisotopic (exact) mass is 283 g/mol. The molecule has 1 unspecified atom stereocenters. The molecule has 0 fully saturated rings. The maximum atomic E-state index is 12.3. The van der Waals surface area contributed by atoms with E-state index in [0.717, 1.165) is 9.87 Å². The van der Waals surface area contributed by atoms with E-state index in [9.17, 15) is 13.5 Å². The van der Waals surface area contributed by atoms with E-state index < -0.39 is 22.7 Å². The lowest BCUT2D eigenvalue weighted by molar-refractivity contribution is 0.0808. The third-order valence-electron chi connectivity index (χ3n) is 2.55. The number of aliphatic hydroxyl groups excluding tert-OH is 2. The van der Waals surface area contributed by atoms with Gasteiger partial charge in [-0.3, -0.25) is 0 Å². The molecule has 2 N–H and O–H groups in total. The van der Waals surface area contributed by atoms with Crippen LogP contribution in [0.15, 0.2) is 29.2 Å². The lowest BCUT2D eigenvalue weighted by atomic mass is 10.2. The van der Waals surface area contributed by atoms with Gasteiger partial charge in [-0.05, 0) is 19.1 Å². The van der Waals surface area contributed by atoms with Crippen LogP contribution in [0.4, 0.5) is 0 Å². The highest BCUT2D eigenvalue weighted by Gasteiger charge is 2.25. The first-order valence-electron chi connectivity index (χ1n) is 5.71. The van der Waals surface area contributed by atoms with E-state index in [0.29, 0.717) is 0 Å². The van der Waals surface area contributed by atoms with Crippen LogP contribution in [0, 0.1) is 19.3 Å². The molecular formula is C13H17NO4S. The van der Waals surface area contributed by atoms with Crippen LogP contribution in [0.5, 0.6) is 0 Å². The van der Waals surface area contributed by atoms with Crippen LogP contribution in [-0.2, 0) is 10.0 Å². The molecule has 0 aromatic heterocycles. The molecular weight excluding hydrogens is 266 g/mol. The molecule has 1 atom stereocenters. The Balaban J connectivity index is 3.06. The second-order valence-electron chi connectivity index (χ2n) is 4.15. The fourth-order valence-electron chi connectivity index (χ4n) is 1.50. The number of nitrogens with zero attached hydrogens (tertiary/aromatic N) is 1. The number of aryl methyl sites for hydroxylation is 1. The number of terminal acetylenes is 1. The largest absolute Gasteiger partial charge is 0.394 e. The second-order valence-corrected chi connectivity index (χ2v) is 6.09. The summed E-state index contributed by atoms with van der Waals surface area (Å²) in [5.41, 5.74) is 0.942. The lowest BCUT2D eigenvalue weighted by Gasteiger charge is -2.22. The minimum Gasteiger partial charge on any atom is -0.394 e. The Hall–Kier alpha value is -1.39. The summed E-state index contributed by atoms with van der Waals surface area (Å²) >= 11 is 0. The third-order valence-corrected chi connectivity index (χ3v) is 4.38. The van der Waals surface area contributed by atoms with Crippen LogP contribution in [-0.4, -0.2) is 48.7 Å². The topological polar surface area (TPSA) is 77.8 Å². The zero-order chi connectivity index (χ0) is 14.5. The van der Waals surface area contributed by atoms with E-state index in [4.69, 9.17) is 11.5 Å². The zero-order valence-corrected chi connectivity index (χ0v) is 11.5. The van der Waals surface area contributed by atoms with Crippen LogP contribution in [0.1, 0.15) is 5.56 Å². The summed E-state index contributed by atoms with van der Waals surface area (Å²) in [6, 6.07) is 6.34. The van der Waals surface area contributed by atoms with Crippen molar-refractivity contribution in [1.29, 1.82) is 0 Å². The number of hydrogen-bond donors (Lipinski definition) is 2. The molecule has 0 radical (unpaired) electrons. The molecule has 0 bridgehead atoms. The predicted octanol–water partition coefficient (Wildman–Crippen LogP) is -0.0279. The van der Waals surface area contributed by atoms with Gasteiger partial charge in [0.05, 0.1) is 24.2 Å². The highest BCUT2D eigenvalue weighted by Crippen LogP contribution is 2.16. The minimum absolute atomic E-state index is 0.110. The van der Waals surface area contributed by atoms with Crippen molar-refractivity contribution >= 4 is 10.0 Å². The van der Waals surface area contributed by atoms with Crippen LogP contribution in [0.3, 0.4) is 0 Å². The average Bonchev–Trinajstić information content (AvgIpc) is 2.38. The number of sulfonamides is 1. The predicted molar refractivity (Wildman–Crippen MR) is 71.9 cm³/mol. The SMILES string of the molecule is C#CCN(CC(O)CO)S(=O)(=O)c1ccc(C)cc1. The van der Waals surface area contributed by atoms with E-state index in [1.54, 1.807) is 12.1 Å². The fourth-order valence-corrected chi connectivity index (χ4v) is 2.89.